The minimum absolute atomic E-state index is 0.0550. The maximum atomic E-state index is 15.7. The standard InChI is InChI=1S/C29H34ClFN2O3/c1-29(2)14-19-11-23(21-6-5-20(12-24(21)30)36-16-17-3-4-17)25(31)13-22(19)27(29)33(28(34)35)26-15-32-9-7-18(26)8-10-32/h5-6,11-13,17-18,26-27H,3-4,7-10,14-16H2,1-2H3,(H,34,35)/t26-,27+/m1/s1. The molecule has 2 aromatic carbocycles. The van der Waals surface area contributed by atoms with Crippen LogP contribution in [0.2, 0.25) is 5.02 Å². The molecule has 5 nitrogen and oxygen atoms in total. The van der Waals surface area contributed by atoms with E-state index in [0.29, 0.717) is 46.8 Å². The van der Waals surface area contributed by atoms with Crippen molar-refractivity contribution < 1.29 is 19.0 Å². The highest BCUT2D eigenvalue weighted by Crippen LogP contribution is 2.52. The molecule has 3 saturated heterocycles. The molecule has 2 atom stereocenters. The van der Waals surface area contributed by atoms with Gasteiger partial charge in [0.15, 0.2) is 0 Å². The Hall–Kier alpha value is -2.31. The number of amides is 1. The second-order valence-electron chi connectivity index (χ2n) is 11.9. The van der Waals surface area contributed by atoms with E-state index in [9.17, 15) is 9.90 Å². The summed E-state index contributed by atoms with van der Waals surface area (Å²) in [6.07, 6.45) is 4.26. The second kappa shape index (κ2) is 8.91. The lowest BCUT2D eigenvalue weighted by atomic mass is 9.79. The molecule has 0 aromatic heterocycles. The molecule has 1 N–H and O–H groups in total. The lowest BCUT2D eigenvalue weighted by molar-refractivity contribution is -0.0267. The minimum atomic E-state index is -0.908. The second-order valence-corrected chi connectivity index (χ2v) is 12.3. The lowest BCUT2D eigenvalue weighted by Gasteiger charge is -2.51. The molecule has 2 aromatic rings. The summed E-state index contributed by atoms with van der Waals surface area (Å²) >= 11 is 6.59. The number of benzene rings is 2. The number of fused-ring (bicyclic) bond motifs is 4. The van der Waals surface area contributed by atoms with E-state index in [4.69, 9.17) is 16.3 Å². The molecular formula is C29H34ClFN2O3. The van der Waals surface area contributed by atoms with E-state index in [-0.39, 0.29) is 23.3 Å². The number of hydrogen-bond donors (Lipinski definition) is 1. The molecule has 0 unspecified atom stereocenters. The predicted molar refractivity (Wildman–Crippen MR) is 138 cm³/mol. The number of hydrogen-bond acceptors (Lipinski definition) is 3. The number of rotatable bonds is 6. The highest BCUT2D eigenvalue weighted by Gasteiger charge is 2.50. The molecule has 192 valence electrons. The van der Waals surface area contributed by atoms with Gasteiger partial charge in [-0.3, -0.25) is 4.90 Å². The first-order chi connectivity index (χ1) is 17.2. The molecule has 3 aliphatic heterocycles. The van der Waals surface area contributed by atoms with Crippen LogP contribution in [0.3, 0.4) is 0 Å². The average Bonchev–Trinajstić information content (AvgIpc) is 3.63. The molecule has 1 saturated carbocycles. The zero-order chi connectivity index (χ0) is 25.2. The van der Waals surface area contributed by atoms with Gasteiger partial charge in [-0.1, -0.05) is 25.4 Å². The molecule has 3 heterocycles. The normalized spacial score (nSPS) is 28.1. The Kier molecular flexibility index (Phi) is 5.95. The Bertz CT molecular complexity index is 1190. The Balaban J connectivity index is 1.34. The molecule has 0 spiro atoms. The first kappa shape index (κ1) is 24.1. The molecule has 7 rings (SSSR count). The van der Waals surface area contributed by atoms with E-state index < -0.39 is 6.09 Å². The van der Waals surface area contributed by atoms with Crippen LogP contribution < -0.4 is 4.74 Å². The molecule has 36 heavy (non-hydrogen) atoms. The van der Waals surface area contributed by atoms with Crippen LogP contribution in [0.25, 0.3) is 11.1 Å². The quantitative estimate of drug-likeness (QED) is 0.472. The zero-order valence-corrected chi connectivity index (χ0v) is 21.7. The van der Waals surface area contributed by atoms with Gasteiger partial charge in [0.25, 0.3) is 0 Å². The number of carbonyl (C=O) groups is 1. The van der Waals surface area contributed by atoms with Crippen LogP contribution in [-0.2, 0) is 6.42 Å². The maximum absolute atomic E-state index is 15.7. The number of ether oxygens (including phenoxy) is 1. The third-order valence-corrected chi connectivity index (χ3v) is 9.11. The first-order valence-electron chi connectivity index (χ1n) is 13.2. The number of nitrogens with zero attached hydrogens (tertiary/aromatic N) is 2. The summed E-state index contributed by atoms with van der Waals surface area (Å²) < 4.78 is 21.5. The topological polar surface area (TPSA) is 53.0 Å². The van der Waals surface area contributed by atoms with Crippen molar-refractivity contribution in [2.75, 3.05) is 26.2 Å². The van der Waals surface area contributed by atoms with Gasteiger partial charge in [-0.25, -0.2) is 9.18 Å². The summed E-state index contributed by atoms with van der Waals surface area (Å²) in [7, 11) is 0. The smallest absolute Gasteiger partial charge is 0.408 e. The van der Waals surface area contributed by atoms with Crippen molar-refractivity contribution >= 4 is 17.7 Å². The van der Waals surface area contributed by atoms with Crippen molar-refractivity contribution in [1.29, 1.82) is 0 Å². The average molecular weight is 513 g/mol. The van der Waals surface area contributed by atoms with Crippen molar-refractivity contribution in [1.82, 2.24) is 9.80 Å². The third kappa shape index (κ3) is 4.26. The van der Waals surface area contributed by atoms with Crippen LogP contribution >= 0.6 is 11.6 Å². The van der Waals surface area contributed by atoms with Crippen LogP contribution in [-0.4, -0.2) is 53.3 Å². The number of piperidine rings is 3. The van der Waals surface area contributed by atoms with Gasteiger partial charge >= 0.3 is 6.09 Å². The van der Waals surface area contributed by atoms with E-state index in [2.05, 4.69) is 18.7 Å². The summed E-state index contributed by atoms with van der Waals surface area (Å²) in [5, 5.41) is 10.9. The third-order valence-electron chi connectivity index (χ3n) is 8.80. The summed E-state index contributed by atoms with van der Waals surface area (Å²) in [6, 6.07) is 8.45. The van der Waals surface area contributed by atoms with Crippen LogP contribution in [0.15, 0.2) is 30.3 Å². The van der Waals surface area contributed by atoms with Crippen molar-refractivity contribution in [2.45, 2.75) is 58.0 Å². The van der Waals surface area contributed by atoms with Gasteiger partial charge in [-0.05, 0) is 104 Å². The van der Waals surface area contributed by atoms with Crippen LogP contribution in [0.4, 0.5) is 9.18 Å². The molecular weight excluding hydrogens is 479 g/mol. The molecule has 2 bridgehead atoms. The Morgan fingerprint density at radius 2 is 1.92 bits per heavy atom. The molecule has 5 aliphatic rings. The number of halogens is 2. The van der Waals surface area contributed by atoms with Crippen molar-refractivity contribution in [3.63, 3.8) is 0 Å². The van der Waals surface area contributed by atoms with E-state index in [1.165, 1.54) is 12.8 Å². The number of carboxylic acid groups (broad SMARTS) is 1. The Labute approximate surface area is 217 Å². The largest absolute Gasteiger partial charge is 0.493 e. The van der Waals surface area contributed by atoms with Crippen LogP contribution in [0.1, 0.15) is 56.7 Å². The van der Waals surface area contributed by atoms with Crippen molar-refractivity contribution in [3.05, 3.63) is 52.3 Å². The van der Waals surface area contributed by atoms with Crippen molar-refractivity contribution in [2.24, 2.45) is 17.3 Å². The monoisotopic (exact) mass is 512 g/mol. The highest BCUT2D eigenvalue weighted by atomic mass is 35.5. The van der Waals surface area contributed by atoms with Gasteiger partial charge < -0.3 is 14.7 Å². The Morgan fingerprint density at radius 1 is 1.17 bits per heavy atom. The van der Waals surface area contributed by atoms with Crippen LogP contribution in [0, 0.1) is 23.1 Å². The van der Waals surface area contributed by atoms with Gasteiger partial charge in [0.1, 0.15) is 11.6 Å². The maximum Gasteiger partial charge on any atom is 0.408 e. The molecule has 0 radical (unpaired) electrons. The predicted octanol–water partition coefficient (Wildman–Crippen LogP) is 6.63. The first-order valence-corrected chi connectivity index (χ1v) is 13.6. The SMILES string of the molecule is CC1(C)Cc2cc(-c3ccc(OCC4CC4)cc3Cl)c(F)cc2[C@@H]1N(C(=O)O)[C@@H]1CN2CCC1CC2. The molecule has 1 amide bonds. The Morgan fingerprint density at radius 3 is 2.53 bits per heavy atom. The summed E-state index contributed by atoms with van der Waals surface area (Å²) in [6.45, 7) is 7.76. The van der Waals surface area contributed by atoms with Gasteiger partial charge in [-0.2, -0.15) is 0 Å². The van der Waals surface area contributed by atoms with E-state index in [1.807, 2.05) is 18.2 Å². The highest BCUT2D eigenvalue weighted by molar-refractivity contribution is 6.33. The van der Waals surface area contributed by atoms with E-state index in [1.54, 1.807) is 17.0 Å². The zero-order valence-electron chi connectivity index (χ0n) is 21.0. The summed E-state index contributed by atoms with van der Waals surface area (Å²) in [5.74, 6) is 1.34. The van der Waals surface area contributed by atoms with Gasteiger partial charge in [0, 0.05) is 17.7 Å². The minimum Gasteiger partial charge on any atom is -0.493 e. The van der Waals surface area contributed by atoms with E-state index >= 15 is 4.39 Å². The fourth-order valence-corrected chi connectivity index (χ4v) is 7.05. The molecule has 7 heteroatoms. The van der Waals surface area contributed by atoms with Gasteiger partial charge in [-0.15, -0.1) is 0 Å². The fraction of sp³-hybridized carbons (Fsp3) is 0.552. The van der Waals surface area contributed by atoms with Gasteiger partial charge in [0.2, 0.25) is 0 Å². The summed E-state index contributed by atoms with van der Waals surface area (Å²) in [5.41, 5.74) is 2.53. The van der Waals surface area contributed by atoms with Gasteiger partial charge in [0.05, 0.1) is 23.7 Å². The lowest BCUT2D eigenvalue weighted by Crippen LogP contribution is -2.60. The van der Waals surface area contributed by atoms with E-state index in [0.717, 1.165) is 43.6 Å². The molecule has 2 aliphatic carbocycles. The molecule has 4 fully saturated rings. The summed E-state index contributed by atoms with van der Waals surface area (Å²) in [4.78, 5) is 16.7. The van der Waals surface area contributed by atoms with Crippen molar-refractivity contribution in [3.8, 4) is 16.9 Å². The van der Waals surface area contributed by atoms with Crippen LogP contribution in [0.5, 0.6) is 5.75 Å². The fourth-order valence-electron chi connectivity index (χ4n) is 6.78.